The highest BCUT2D eigenvalue weighted by Crippen LogP contribution is 2.50. The molecule has 1 heterocycles. The van der Waals surface area contributed by atoms with Gasteiger partial charge in [0.25, 0.3) is 0 Å². The summed E-state index contributed by atoms with van der Waals surface area (Å²) < 4.78 is 0. The van der Waals surface area contributed by atoms with Crippen molar-refractivity contribution in [2.24, 2.45) is 5.41 Å². The van der Waals surface area contributed by atoms with Gasteiger partial charge in [0.2, 0.25) is 0 Å². The summed E-state index contributed by atoms with van der Waals surface area (Å²) in [6, 6.07) is 21.5. The van der Waals surface area contributed by atoms with Crippen molar-refractivity contribution < 1.29 is 5.11 Å². The molecule has 22 heavy (non-hydrogen) atoms. The maximum Gasteiger partial charge on any atom is 0.0627 e. The third kappa shape index (κ3) is 2.57. The summed E-state index contributed by atoms with van der Waals surface area (Å²) in [5.41, 5.74) is 2.37. The second-order valence-electron chi connectivity index (χ2n) is 6.98. The van der Waals surface area contributed by atoms with Crippen molar-refractivity contribution in [3.63, 3.8) is 0 Å². The number of rotatable bonds is 2. The molecule has 2 heteroatoms. The van der Waals surface area contributed by atoms with Crippen LogP contribution in [0.5, 0.6) is 0 Å². The van der Waals surface area contributed by atoms with Crippen LogP contribution in [0.25, 0.3) is 0 Å². The van der Waals surface area contributed by atoms with Crippen LogP contribution < -0.4 is 0 Å². The van der Waals surface area contributed by atoms with Crippen LogP contribution in [0.3, 0.4) is 0 Å². The molecule has 0 radical (unpaired) electrons. The van der Waals surface area contributed by atoms with E-state index >= 15 is 0 Å². The molecule has 1 N–H and O–H groups in total. The molecule has 0 spiro atoms. The van der Waals surface area contributed by atoms with Gasteiger partial charge >= 0.3 is 0 Å². The number of piperidine rings is 1. The lowest BCUT2D eigenvalue weighted by atomic mass is 9.69. The lowest BCUT2D eigenvalue weighted by molar-refractivity contribution is -0.0897. The van der Waals surface area contributed by atoms with Crippen molar-refractivity contribution in [2.75, 3.05) is 7.05 Å². The molecular weight excluding hydrogens is 270 g/mol. The third-order valence-corrected chi connectivity index (χ3v) is 5.21. The monoisotopic (exact) mass is 295 g/mol. The van der Waals surface area contributed by atoms with Crippen molar-refractivity contribution in [3.8, 4) is 0 Å². The van der Waals surface area contributed by atoms with Crippen LogP contribution in [0.15, 0.2) is 60.7 Å². The zero-order valence-corrected chi connectivity index (χ0v) is 13.6. The van der Waals surface area contributed by atoms with Gasteiger partial charge in [-0.1, -0.05) is 74.5 Å². The Morgan fingerprint density at radius 2 is 1.41 bits per heavy atom. The number of aliphatic hydroxyl groups excluding tert-OH is 1. The molecule has 1 saturated heterocycles. The largest absolute Gasteiger partial charge is 0.392 e. The molecule has 3 atom stereocenters. The molecule has 0 unspecified atom stereocenters. The first-order valence-corrected chi connectivity index (χ1v) is 8.01. The number of likely N-dealkylation sites (tertiary alicyclic amines) is 1. The van der Waals surface area contributed by atoms with Gasteiger partial charge in [0.1, 0.15) is 0 Å². The van der Waals surface area contributed by atoms with Gasteiger partial charge in [-0.3, -0.25) is 4.90 Å². The molecular formula is C20H25NO. The fraction of sp³-hybridized carbons (Fsp3) is 0.400. The Morgan fingerprint density at radius 3 is 1.95 bits per heavy atom. The van der Waals surface area contributed by atoms with Gasteiger partial charge in [0.15, 0.2) is 0 Å². The smallest absolute Gasteiger partial charge is 0.0627 e. The third-order valence-electron chi connectivity index (χ3n) is 5.21. The minimum absolute atomic E-state index is 0.179. The number of nitrogens with zero attached hydrogens (tertiary/aromatic N) is 1. The van der Waals surface area contributed by atoms with E-state index in [0.717, 1.165) is 6.42 Å². The van der Waals surface area contributed by atoms with Gasteiger partial charge in [0.05, 0.1) is 6.10 Å². The highest BCUT2D eigenvalue weighted by Gasteiger charge is 2.47. The molecule has 0 aromatic heterocycles. The number of benzene rings is 2. The standard InChI is InChI=1S/C20H25NO/c1-20(2)18(22)14-17(15-10-6-4-7-11-15)21(3)19(20)16-12-8-5-9-13-16/h4-13,17-19,22H,14H2,1-3H3/t17-,18-,19-/m0/s1. The van der Waals surface area contributed by atoms with E-state index in [9.17, 15) is 5.11 Å². The van der Waals surface area contributed by atoms with E-state index in [1.165, 1.54) is 11.1 Å². The molecule has 2 aromatic carbocycles. The predicted octanol–water partition coefficient (Wildman–Crippen LogP) is 4.19. The van der Waals surface area contributed by atoms with Gasteiger partial charge < -0.3 is 5.11 Å². The summed E-state index contributed by atoms with van der Waals surface area (Å²) in [5, 5.41) is 10.8. The fourth-order valence-electron chi connectivity index (χ4n) is 3.91. The number of hydrogen-bond acceptors (Lipinski definition) is 2. The highest BCUT2D eigenvalue weighted by atomic mass is 16.3. The van der Waals surface area contributed by atoms with Gasteiger partial charge in [-0.05, 0) is 24.6 Å². The zero-order chi connectivity index (χ0) is 15.7. The topological polar surface area (TPSA) is 23.5 Å². The predicted molar refractivity (Wildman–Crippen MR) is 90.5 cm³/mol. The molecule has 1 aliphatic rings. The Kier molecular flexibility index (Phi) is 4.07. The molecule has 0 saturated carbocycles. The molecule has 1 fully saturated rings. The Morgan fingerprint density at radius 1 is 0.909 bits per heavy atom. The average Bonchev–Trinajstić information content (AvgIpc) is 2.53. The van der Waals surface area contributed by atoms with Crippen LogP contribution in [-0.4, -0.2) is 23.2 Å². The quantitative estimate of drug-likeness (QED) is 0.898. The normalized spacial score (nSPS) is 28.5. The minimum atomic E-state index is -0.320. The van der Waals surface area contributed by atoms with E-state index in [2.05, 4.69) is 74.3 Å². The Balaban J connectivity index is 2.02. The van der Waals surface area contributed by atoms with E-state index < -0.39 is 0 Å². The second kappa shape index (κ2) is 5.86. The summed E-state index contributed by atoms with van der Waals surface area (Å²) in [5.74, 6) is 0. The summed E-state index contributed by atoms with van der Waals surface area (Å²) in [7, 11) is 2.18. The minimum Gasteiger partial charge on any atom is -0.392 e. The number of aliphatic hydroxyl groups is 1. The zero-order valence-electron chi connectivity index (χ0n) is 13.6. The van der Waals surface area contributed by atoms with Gasteiger partial charge in [-0.15, -0.1) is 0 Å². The lowest BCUT2D eigenvalue weighted by Crippen LogP contribution is -2.50. The van der Waals surface area contributed by atoms with Gasteiger partial charge in [0, 0.05) is 17.5 Å². The van der Waals surface area contributed by atoms with Crippen LogP contribution in [-0.2, 0) is 0 Å². The molecule has 1 aliphatic heterocycles. The second-order valence-corrected chi connectivity index (χ2v) is 6.98. The van der Waals surface area contributed by atoms with Crippen molar-refractivity contribution in [1.29, 1.82) is 0 Å². The molecule has 0 aliphatic carbocycles. The van der Waals surface area contributed by atoms with E-state index in [1.54, 1.807) is 0 Å². The van der Waals surface area contributed by atoms with Crippen LogP contribution in [0, 0.1) is 5.41 Å². The SMILES string of the molecule is CN1[C@@H](c2ccccc2)C(C)(C)[C@@H](O)C[C@H]1c1ccccc1. The summed E-state index contributed by atoms with van der Waals surface area (Å²) >= 11 is 0. The van der Waals surface area contributed by atoms with E-state index in [0.29, 0.717) is 0 Å². The molecule has 116 valence electrons. The summed E-state index contributed by atoms with van der Waals surface area (Å²) in [6.07, 6.45) is 0.454. The van der Waals surface area contributed by atoms with Crippen LogP contribution in [0.1, 0.15) is 43.5 Å². The van der Waals surface area contributed by atoms with E-state index in [4.69, 9.17) is 0 Å². The van der Waals surface area contributed by atoms with Gasteiger partial charge in [-0.2, -0.15) is 0 Å². The highest BCUT2D eigenvalue weighted by molar-refractivity contribution is 5.27. The first-order valence-electron chi connectivity index (χ1n) is 8.01. The Bertz CT molecular complexity index is 608. The maximum absolute atomic E-state index is 10.8. The summed E-state index contributed by atoms with van der Waals surface area (Å²) in [6.45, 7) is 4.35. The first-order chi connectivity index (χ1) is 10.5. The van der Waals surface area contributed by atoms with Crippen LogP contribution in [0.4, 0.5) is 0 Å². The van der Waals surface area contributed by atoms with Crippen molar-refractivity contribution in [2.45, 2.75) is 38.5 Å². The van der Waals surface area contributed by atoms with Crippen molar-refractivity contribution >= 4 is 0 Å². The Hall–Kier alpha value is -1.64. The first kappa shape index (κ1) is 15.3. The Labute approximate surface area is 133 Å². The molecule has 3 rings (SSSR count). The molecule has 2 nitrogen and oxygen atoms in total. The molecule has 2 aromatic rings. The average molecular weight is 295 g/mol. The van der Waals surface area contributed by atoms with Crippen LogP contribution >= 0.6 is 0 Å². The van der Waals surface area contributed by atoms with E-state index in [1.807, 2.05) is 12.1 Å². The van der Waals surface area contributed by atoms with Crippen molar-refractivity contribution in [3.05, 3.63) is 71.8 Å². The van der Waals surface area contributed by atoms with Gasteiger partial charge in [-0.25, -0.2) is 0 Å². The fourth-order valence-corrected chi connectivity index (χ4v) is 3.91. The van der Waals surface area contributed by atoms with E-state index in [-0.39, 0.29) is 23.6 Å². The maximum atomic E-state index is 10.8. The van der Waals surface area contributed by atoms with Crippen molar-refractivity contribution in [1.82, 2.24) is 4.90 Å². The molecule has 0 amide bonds. The summed E-state index contributed by atoms with van der Waals surface area (Å²) in [4.78, 5) is 2.43. The lowest BCUT2D eigenvalue weighted by Gasteiger charge is -2.52. The van der Waals surface area contributed by atoms with Crippen LogP contribution in [0.2, 0.25) is 0 Å². The number of hydrogen-bond donors (Lipinski definition) is 1. The molecule has 0 bridgehead atoms.